The first kappa shape index (κ1) is 14.2. The number of nitrogens with one attached hydrogen (secondary N) is 1. The van der Waals surface area contributed by atoms with Crippen LogP contribution in [0.4, 0.5) is 0 Å². The molecule has 2 aromatic heterocycles. The van der Waals surface area contributed by atoms with E-state index >= 15 is 0 Å². The number of thiazole rings is 1. The zero-order valence-corrected chi connectivity index (χ0v) is 12.8. The van der Waals surface area contributed by atoms with Crippen LogP contribution in [0.3, 0.4) is 0 Å². The lowest BCUT2D eigenvalue weighted by Crippen LogP contribution is -2.19. The van der Waals surface area contributed by atoms with Gasteiger partial charge in [-0.05, 0) is 38.9 Å². The molecule has 0 aliphatic rings. The van der Waals surface area contributed by atoms with Gasteiger partial charge in [0.15, 0.2) is 0 Å². The van der Waals surface area contributed by atoms with Crippen LogP contribution in [0.25, 0.3) is 0 Å². The van der Waals surface area contributed by atoms with E-state index in [2.05, 4.69) is 48.2 Å². The lowest BCUT2D eigenvalue weighted by Gasteiger charge is -2.15. The molecule has 1 atom stereocenters. The summed E-state index contributed by atoms with van der Waals surface area (Å²) in [6.45, 7) is 6.29. The normalized spacial score (nSPS) is 12.6. The highest BCUT2D eigenvalue weighted by Crippen LogP contribution is 2.26. The average Bonchev–Trinajstić information content (AvgIpc) is 2.75. The summed E-state index contributed by atoms with van der Waals surface area (Å²) >= 11 is 1.77. The minimum absolute atomic E-state index is 0.297. The number of pyridine rings is 1. The molecule has 0 spiro atoms. The maximum Gasteiger partial charge on any atom is 0.0900 e. The summed E-state index contributed by atoms with van der Waals surface area (Å²) in [5.41, 5.74) is 3.55. The second-order valence-corrected chi connectivity index (χ2v) is 5.97. The summed E-state index contributed by atoms with van der Waals surface area (Å²) in [4.78, 5) is 10.4. The van der Waals surface area contributed by atoms with Gasteiger partial charge in [0.25, 0.3) is 0 Å². The number of rotatable bonds is 5. The quantitative estimate of drug-likeness (QED) is 0.910. The van der Waals surface area contributed by atoms with Gasteiger partial charge < -0.3 is 5.32 Å². The first-order valence-corrected chi connectivity index (χ1v) is 7.50. The molecule has 1 N–H and O–H groups in total. The van der Waals surface area contributed by atoms with E-state index in [0.29, 0.717) is 6.04 Å². The summed E-state index contributed by atoms with van der Waals surface area (Å²) in [5, 5.41) is 4.51. The van der Waals surface area contributed by atoms with Crippen molar-refractivity contribution in [2.75, 3.05) is 7.05 Å². The molecule has 2 aromatic rings. The predicted molar refractivity (Wildman–Crippen MR) is 80.7 cm³/mol. The van der Waals surface area contributed by atoms with Crippen molar-refractivity contribution in [2.24, 2.45) is 0 Å². The fourth-order valence-corrected chi connectivity index (χ4v) is 3.23. The molecule has 0 aliphatic carbocycles. The number of hydrogen-bond donors (Lipinski definition) is 1. The van der Waals surface area contributed by atoms with Crippen molar-refractivity contribution in [3.63, 3.8) is 0 Å². The van der Waals surface area contributed by atoms with E-state index in [4.69, 9.17) is 0 Å². The van der Waals surface area contributed by atoms with Crippen molar-refractivity contribution in [1.82, 2.24) is 15.3 Å². The van der Waals surface area contributed by atoms with Crippen LogP contribution >= 0.6 is 11.3 Å². The lowest BCUT2D eigenvalue weighted by atomic mass is 10.1. The van der Waals surface area contributed by atoms with Gasteiger partial charge in [-0.1, -0.05) is 13.0 Å². The van der Waals surface area contributed by atoms with Crippen molar-refractivity contribution >= 4 is 11.3 Å². The number of hydrogen-bond acceptors (Lipinski definition) is 4. The second-order valence-electron chi connectivity index (χ2n) is 4.74. The highest BCUT2D eigenvalue weighted by Gasteiger charge is 2.16. The SMILES string of the molecule is CCc1ccc(CC(NC)c2sc(C)nc2C)nc1. The largest absolute Gasteiger partial charge is 0.312 e. The molecule has 0 amide bonds. The van der Waals surface area contributed by atoms with Crippen molar-refractivity contribution in [1.29, 1.82) is 0 Å². The summed E-state index contributed by atoms with van der Waals surface area (Å²) < 4.78 is 0. The number of aromatic nitrogens is 2. The van der Waals surface area contributed by atoms with Crippen molar-refractivity contribution in [3.8, 4) is 0 Å². The summed E-state index contributed by atoms with van der Waals surface area (Å²) in [7, 11) is 2.00. The van der Waals surface area contributed by atoms with Crippen LogP contribution in [0, 0.1) is 13.8 Å². The van der Waals surface area contributed by atoms with Gasteiger partial charge in [0.2, 0.25) is 0 Å². The smallest absolute Gasteiger partial charge is 0.0900 e. The highest BCUT2D eigenvalue weighted by molar-refractivity contribution is 7.11. The lowest BCUT2D eigenvalue weighted by molar-refractivity contribution is 0.589. The minimum atomic E-state index is 0.297. The van der Waals surface area contributed by atoms with Gasteiger partial charge in [0.1, 0.15) is 0 Å². The maximum absolute atomic E-state index is 4.54. The average molecular weight is 275 g/mol. The number of aryl methyl sites for hydroxylation is 3. The van der Waals surface area contributed by atoms with Gasteiger partial charge in [-0.2, -0.15) is 0 Å². The monoisotopic (exact) mass is 275 g/mol. The standard InChI is InChI=1S/C15H21N3S/c1-5-12-6-7-13(17-9-12)8-14(16-4)15-10(2)18-11(3)19-15/h6-7,9,14,16H,5,8H2,1-4H3. The molecule has 19 heavy (non-hydrogen) atoms. The third-order valence-corrected chi connectivity index (χ3v) is 4.50. The van der Waals surface area contributed by atoms with Gasteiger partial charge in [-0.3, -0.25) is 4.98 Å². The molecule has 0 aromatic carbocycles. The Morgan fingerprint density at radius 3 is 2.58 bits per heavy atom. The predicted octanol–water partition coefficient (Wildman–Crippen LogP) is 3.22. The third-order valence-electron chi connectivity index (χ3n) is 3.31. The topological polar surface area (TPSA) is 37.8 Å². The van der Waals surface area contributed by atoms with Crippen LogP contribution in [0.2, 0.25) is 0 Å². The summed E-state index contributed by atoms with van der Waals surface area (Å²) in [6, 6.07) is 4.60. The Balaban J connectivity index is 2.16. The fourth-order valence-electron chi connectivity index (χ4n) is 2.19. The summed E-state index contributed by atoms with van der Waals surface area (Å²) in [5.74, 6) is 0. The third kappa shape index (κ3) is 3.39. The first-order valence-electron chi connectivity index (χ1n) is 6.69. The Morgan fingerprint density at radius 1 is 1.32 bits per heavy atom. The molecule has 2 heterocycles. The van der Waals surface area contributed by atoms with Crippen LogP contribution in [0.5, 0.6) is 0 Å². The van der Waals surface area contributed by atoms with Crippen LogP contribution in [0.15, 0.2) is 18.3 Å². The second kappa shape index (κ2) is 6.26. The van der Waals surface area contributed by atoms with Crippen LogP contribution in [-0.2, 0) is 12.8 Å². The van der Waals surface area contributed by atoms with E-state index in [1.807, 2.05) is 13.2 Å². The molecule has 3 nitrogen and oxygen atoms in total. The van der Waals surface area contributed by atoms with E-state index in [9.17, 15) is 0 Å². The molecule has 0 saturated heterocycles. The molecule has 0 radical (unpaired) electrons. The molecular formula is C15H21N3S. The fraction of sp³-hybridized carbons (Fsp3) is 0.467. The van der Waals surface area contributed by atoms with E-state index in [1.54, 1.807) is 11.3 Å². The van der Waals surface area contributed by atoms with Crippen molar-refractivity contribution < 1.29 is 0 Å². The van der Waals surface area contributed by atoms with Gasteiger partial charge >= 0.3 is 0 Å². The van der Waals surface area contributed by atoms with Gasteiger partial charge in [0, 0.05) is 29.2 Å². The molecule has 2 rings (SSSR count). The Hall–Kier alpha value is -1.26. The zero-order chi connectivity index (χ0) is 13.8. The van der Waals surface area contributed by atoms with Gasteiger partial charge in [0.05, 0.1) is 10.7 Å². The maximum atomic E-state index is 4.54. The molecule has 0 saturated carbocycles. The minimum Gasteiger partial charge on any atom is -0.312 e. The van der Waals surface area contributed by atoms with E-state index < -0.39 is 0 Å². The van der Waals surface area contributed by atoms with E-state index in [1.165, 1.54) is 10.4 Å². The summed E-state index contributed by atoms with van der Waals surface area (Å²) in [6.07, 6.45) is 3.92. The molecule has 4 heteroatoms. The molecule has 1 unspecified atom stereocenters. The van der Waals surface area contributed by atoms with Crippen molar-refractivity contribution in [2.45, 2.75) is 39.7 Å². The molecular weight excluding hydrogens is 254 g/mol. The molecule has 0 aliphatic heterocycles. The van der Waals surface area contributed by atoms with E-state index in [-0.39, 0.29) is 0 Å². The Morgan fingerprint density at radius 2 is 2.11 bits per heavy atom. The number of likely N-dealkylation sites (N-methyl/N-ethyl adjacent to an activating group) is 1. The Labute approximate surface area is 119 Å². The first-order chi connectivity index (χ1) is 9.13. The van der Waals surface area contributed by atoms with E-state index in [0.717, 1.165) is 29.2 Å². The Kier molecular flexibility index (Phi) is 4.66. The van der Waals surface area contributed by atoms with Gasteiger partial charge in [-0.15, -0.1) is 11.3 Å². The van der Waals surface area contributed by atoms with Crippen LogP contribution in [-0.4, -0.2) is 17.0 Å². The van der Waals surface area contributed by atoms with Crippen LogP contribution in [0.1, 0.15) is 39.8 Å². The highest BCUT2D eigenvalue weighted by atomic mass is 32.1. The van der Waals surface area contributed by atoms with Crippen molar-refractivity contribution in [3.05, 3.63) is 45.2 Å². The van der Waals surface area contributed by atoms with Gasteiger partial charge in [-0.25, -0.2) is 4.98 Å². The molecule has 102 valence electrons. The van der Waals surface area contributed by atoms with Crippen LogP contribution < -0.4 is 5.32 Å². The zero-order valence-electron chi connectivity index (χ0n) is 12.0. The molecule has 0 fully saturated rings. The number of nitrogens with zero attached hydrogens (tertiary/aromatic N) is 2. The Bertz CT molecular complexity index is 531. The molecule has 0 bridgehead atoms.